The molecular formula is C16H30N2O2. The lowest BCUT2D eigenvalue weighted by Gasteiger charge is -2.44. The van der Waals surface area contributed by atoms with Crippen LogP contribution in [0.5, 0.6) is 0 Å². The first kappa shape index (κ1) is 17.0. The molecule has 20 heavy (non-hydrogen) atoms. The number of hydrogen-bond acceptors (Lipinski definition) is 2. The molecule has 0 aromatic rings. The summed E-state index contributed by atoms with van der Waals surface area (Å²) in [7, 11) is 0. The van der Waals surface area contributed by atoms with Gasteiger partial charge in [-0.25, -0.2) is 0 Å². The number of rotatable bonds is 7. The van der Waals surface area contributed by atoms with Crippen LogP contribution in [0.3, 0.4) is 0 Å². The molecule has 0 spiro atoms. The first-order chi connectivity index (χ1) is 9.51. The van der Waals surface area contributed by atoms with Gasteiger partial charge in [-0.15, -0.1) is 0 Å². The minimum Gasteiger partial charge on any atom is -0.342 e. The van der Waals surface area contributed by atoms with Gasteiger partial charge in [0, 0.05) is 6.04 Å². The van der Waals surface area contributed by atoms with Gasteiger partial charge in [0.15, 0.2) is 0 Å². The molecular weight excluding hydrogens is 252 g/mol. The molecule has 0 aromatic heterocycles. The zero-order valence-electron chi connectivity index (χ0n) is 13.6. The van der Waals surface area contributed by atoms with Gasteiger partial charge in [-0.1, -0.05) is 47.5 Å². The fraction of sp³-hybridized carbons (Fsp3) is 0.875. The number of nitrogens with zero attached hydrogens (tertiary/aromatic N) is 1. The molecule has 1 saturated heterocycles. The Morgan fingerprint density at radius 2 is 1.70 bits per heavy atom. The molecule has 0 aliphatic carbocycles. The Kier molecular flexibility index (Phi) is 6.50. The second kappa shape index (κ2) is 7.65. The maximum Gasteiger partial charge on any atom is 0.246 e. The molecule has 1 aliphatic heterocycles. The van der Waals surface area contributed by atoms with Crippen molar-refractivity contribution in [2.75, 3.05) is 0 Å². The minimum absolute atomic E-state index is 0.0312. The van der Waals surface area contributed by atoms with Gasteiger partial charge in [-0.2, -0.15) is 0 Å². The third-order valence-corrected chi connectivity index (χ3v) is 4.57. The molecule has 0 saturated carbocycles. The van der Waals surface area contributed by atoms with Crippen LogP contribution < -0.4 is 5.32 Å². The lowest BCUT2D eigenvalue weighted by atomic mass is 9.91. The number of nitrogens with one attached hydrogen (secondary N) is 1. The maximum atomic E-state index is 12.8. The van der Waals surface area contributed by atoms with Crippen molar-refractivity contribution in [2.45, 2.75) is 84.8 Å². The normalized spacial score (nSPS) is 25.0. The number of hydrogen-bond donors (Lipinski definition) is 1. The number of amides is 2. The molecule has 3 atom stereocenters. The second-order valence-electron chi connectivity index (χ2n) is 5.89. The summed E-state index contributed by atoms with van der Waals surface area (Å²) >= 11 is 0. The zero-order chi connectivity index (χ0) is 15.3. The molecule has 1 heterocycles. The number of piperazine rings is 1. The summed E-state index contributed by atoms with van der Waals surface area (Å²) in [5.74, 6) is 0.334. The summed E-state index contributed by atoms with van der Waals surface area (Å²) in [6.07, 6.45) is 4.37. The summed E-state index contributed by atoms with van der Waals surface area (Å²) in [6.45, 7) is 10.3. The van der Waals surface area contributed by atoms with Crippen molar-refractivity contribution < 1.29 is 9.59 Å². The topological polar surface area (TPSA) is 49.4 Å². The highest BCUT2D eigenvalue weighted by atomic mass is 16.2. The van der Waals surface area contributed by atoms with E-state index in [0.717, 1.165) is 32.1 Å². The van der Waals surface area contributed by atoms with Crippen LogP contribution >= 0.6 is 0 Å². The minimum atomic E-state index is -0.346. The molecule has 1 aliphatic rings. The largest absolute Gasteiger partial charge is 0.342 e. The summed E-state index contributed by atoms with van der Waals surface area (Å²) in [4.78, 5) is 27.1. The Morgan fingerprint density at radius 1 is 1.10 bits per heavy atom. The Hall–Kier alpha value is -1.06. The molecule has 1 fully saturated rings. The van der Waals surface area contributed by atoms with Crippen LogP contribution in [0.25, 0.3) is 0 Å². The van der Waals surface area contributed by atoms with Crippen LogP contribution in [0.15, 0.2) is 0 Å². The molecule has 4 heteroatoms. The fourth-order valence-electron chi connectivity index (χ4n) is 3.03. The molecule has 4 nitrogen and oxygen atoms in total. The average molecular weight is 282 g/mol. The highest BCUT2D eigenvalue weighted by Crippen LogP contribution is 2.24. The smallest absolute Gasteiger partial charge is 0.246 e. The van der Waals surface area contributed by atoms with Crippen molar-refractivity contribution in [2.24, 2.45) is 5.92 Å². The van der Waals surface area contributed by atoms with Crippen LogP contribution in [0.4, 0.5) is 0 Å². The van der Waals surface area contributed by atoms with Crippen LogP contribution in [-0.4, -0.2) is 34.8 Å². The molecule has 2 amide bonds. The molecule has 0 bridgehead atoms. The van der Waals surface area contributed by atoms with Crippen LogP contribution in [-0.2, 0) is 9.59 Å². The zero-order valence-corrected chi connectivity index (χ0v) is 13.6. The second-order valence-corrected chi connectivity index (χ2v) is 5.89. The lowest BCUT2D eigenvalue weighted by Crippen LogP contribution is -2.67. The van der Waals surface area contributed by atoms with Crippen molar-refractivity contribution >= 4 is 11.8 Å². The van der Waals surface area contributed by atoms with Gasteiger partial charge < -0.3 is 10.2 Å². The van der Waals surface area contributed by atoms with Crippen molar-refractivity contribution in [3.8, 4) is 0 Å². The Balaban J connectivity index is 3.06. The lowest BCUT2D eigenvalue weighted by molar-refractivity contribution is -0.154. The van der Waals surface area contributed by atoms with E-state index >= 15 is 0 Å². The van der Waals surface area contributed by atoms with Crippen molar-refractivity contribution in [3.05, 3.63) is 0 Å². The van der Waals surface area contributed by atoms with Gasteiger partial charge in [0.1, 0.15) is 12.1 Å². The van der Waals surface area contributed by atoms with E-state index in [0.29, 0.717) is 0 Å². The van der Waals surface area contributed by atoms with Crippen LogP contribution in [0.2, 0.25) is 0 Å². The van der Waals surface area contributed by atoms with Gasteiger partial charge in [0.05, 0.1) is 0 Å². The SMILES string of the molecule is CCCC1C(=O)NC(C(C)CC)C(=O)N1C(CC)CC. The summed E-state index contributed by atoms with van der Waals surface area (Å²) in [6, 6.07) is -0.449. The highest BCUT2D eigenvalue weighted by molar-refractivity contribution is 5.97. The maximum absolute atomic E-state index is 12.8. The predicted octanol–water partition coefficient (Wildman–Crippen LogP) is 2.72. The Bertz CT molecular complexity index is 339. The molecule has 1 N–H and O–H groups in total. The van der Waals surface area contributed by atoms with E-state index in [2.05, 4.69) is 33.0 Å². The van der Waals surface area contributed by atoms with Gasteiger partial charge in [-0.05, 0) is 25.2 Å². The Morgan fingerprint density at radius 3 is 2.15 bits per heavy atom. The summed E-state index contributed by atoms with van der Waals surface area (Å²) in [5, 5.41) is 2.95. The van der Waals surface area contributed by atoms with Gasteiger partial charge >= 0.3 is 0 Å². The van der Waals surface area contributed by atoms with E-state index < -0.39 is 0 Å². The molecule has 1 rings (SSSR count). The number of carbonyl (C=O) groups excluding carboxylic acids is 2. The summed E-state index contributed by atoms with van der Waals surface area (Å²) < 4.78 is 0. The van der Waals surface area contributed by atoms with E-state index in [4.69, 9.17) is 0 Å². The van der Waals surface area contributed by atoms with E-state index in [-0.39, 0.29) is 35.9 Å². The fourth-order valence-corrected chi connectivity index (χ4v) is 3.03. The third-order valence-electron chi connectivity index (χ3n) is 4.57. The standard InChI is InChI=1S/C16H30N2O2/c1-6-10-13-15(19)17-14(11(5)7-2)16(20)18(13)12(8-3)9-4/h11-14H,6-10H2,1-5H3,(H,17,19). The number of carbonyl (C=O) groups is 2. The first-order valence-electron chi connectivity index (χ1n) is 8.14. The van der Waals surface area contributed by atoms with Crippen LogP contribution in [0, 0.1) is 5.92 Å². The van der Waals surface area contributed by atoms with E-state index in [1.807, 2.05) is 11.8 Å². The summed E-state index contributed by atoms with van der Waals surface area (Å²) in [5.41, 5.74) is 0. The quantitative estimate of drug-likeness (QED) is 0.780. The molecule has 116 valence electrons. The van der Waals surface area contributed by atoms with Crippen molar-refractivity contribution in [1.29, 1.82) is 0 Å². The molecule has 3 unspecified atom stereocenters. The Labute approximate surface area is 123 Å². The van der Waals surface area contributed by atoms with Crippen molar-refractivity contribution in [3.63, 3.8) is 0 Å². The van der Waals surface area contributed by atoms with Gasteiger partial charge in [-0.3, -0.25) is 9.59 Å². The van der Waals surface area contributed by atoms with Crippen LogP contribution in [0.1, 0.15) is 66.7 Å². The van der Waals surface area contributed by atoms with E-state index in [1.54, 1.807) is 0 Å². The molecule has 0 aromatic carbocycles. The first-order valence-corrected chi connectivity index (χ1v) is 8.14. The average Bonchev–Trinajstić information content (AvgIpc) is 2.45. The molecule has 0 radical (unpaired) electrons. The van der Waals surface area contributed by atoms with Crippen molar-refractivity contribution in [1.82, 2.24) is 10.2 Å². The predicted molar refractivity (Wildman–Crippen MR) is 81.3 cm³/mol. The monoisotopic (exact) mass is 282 g/mol. The third kappa shape index (κ3) is 3.33. The van der Waals surface area contributed by atoms with Gasteiger partial charge in [0.25, 0.3) is 0 Å². The highest BCUT2D eigenvalue weighted by Gasteiger charge is 2.43. The van der Waals surface area contributed by atoms with Gasteiger partial charge in [0.2, 0.25) is 11.8 Å². The van der Waals surface area contributed by atoms with E-state index in [9.17, 15) is 9.59 Å². The van der Waals surface area contributed by atoms with E-state index in [1.165, 1.54) is 0 Å².